The van der Waals surface area contributed by atoms with Crippen LogP contribution in [0.1, 0.15) is 41.8 Å². The summed E-state index contributed by atoms with van der Waals surface area (Å²) in [6.45, 7) is 9.95. The molecule has 1 unspecified atom stereocenters. The van der Waals surface area contributed by atoms with Gasteiger partial charge < -0.3 is 15.1 Å². The van der Waals surface area contributed by atoms with Crippen molar-refractivity contribution in [1.29, 1.82) is 0 Å². The maximum absolute atomic E-state index is 12.8. The van der Waals surface area contributed by atoms with Gasteiger partial charge in [0.05, 0.1) is 22.9 Å². The van der Waals surface area contributed by atoms with Crippen molar-refractivity contribution in [2.24, 2.45) is 4.99 Å². The molecule has 2 N–H and O–H groups in total. The molecule has 1 heterocycles. The number of hydrogen-bond acceptors (Lipinski definition) is 5. The first kappa shape index (κ1) is 21.9. The molecule has 0 aliphatic carbocycles. The minimum absolute atomic E-state index is 0.0100. The van der Waals surface area contributed by atoms with Crippen molar-refractivity contribution in [3.8, 4) is 0 Å². The van der Waals surface area contributed by atoms with E-state index in [4.69, 9.17) is 4.42 Å². The van der Waals surface area contributed by atoms with Crippen molar-refractivity contribution in [3.05, 3.63) is 46.7 Å². The van der Waals surface area contributed by atoms with E-state index in [0.717, 1.165) is 22.6 Å². The van der Waals surface area contributed by atoms with Gasteiger partial charge in [-0.25, -0.2) is 13.4 Å². The molecule has 1 atom stereocenters. The Labute approximate surface area is 167 Å². The van der Waals surface area contributed by atoms with E-state index < -0.39 is 9.84 Å². The highest BCUT2D eigenvalue weighted by molar-refractivity contribution is 7.91. The number of sulfone groups is 1. The van der Waals surface area contributed by atoms with Gasteiger partial charge in [0, 0.05) is 13.1 Å². The Morgan fingerprint density at radius 1 is 1.21 bits per heavy atom. The summed E-state index contributed by atoms with van der Waals surface area (Å²) >= 11 is 0. The molecule has 1 aromatic heterocycles. The average molecular weight is 407 g/mol. The lowest BCUT2D eigenvalue weighted by atomic mass is 10.1. The van der Waals surface area contributed by atoms with Crippen molar-refractivity contribution in [1.82, 2.24) is 15.6 Å². The van der Waals surface area contributed by atoms with Crippen molar-refractivity contribution in [2.75, 3.05) is 12.8 Å². The molecule has 0 saturated carbocycles. The predicted octanol–water partition coefficient (Wildman–Crippen LogP) is 2.83. The van der Waals surface area contributed by atoms with Crippen LogP contribution in [0.2, 0.25) is 0 Å². The Morgan fingerprint density at radius 3 is 2.46 bits per heavy atom. The van der Waals surface area contributed by atoms with Crippen LogP contribution in [0.4, 0.5) is 0 Å². The van der Waals surface area contributed by atoms with E-state index in [9.17, 15) is 8.42 Å². The fraction of sp³-hybridized carbons (Fsp3) is 0.500. The largest absolute Gasteiger partial charge is 0.444 e. The number of nitrogens with one attached hydrogen (secondary N) is 2. The van der Waals surface area contributed by atoms with E-state index in [1.165, 1.54) is 0 Å². The summed E-state index contributed by atoms with van der Waals surface area (Å²) in [6, 6.07) is 4.98. The SMILES string of the molecule is CCC(CS(=O)(=O)c1ccc(C)c(C)c1)NC(=NC)NCc1nc(C)c(C)o1. The van der Waals surface area contributed by atoms with Gasteiger partial charge in [0.1, 0.15) is 5.76 Å². The van der Waals surface area contributed by atoms with Crippen molar-refractivity contribution >= 4 is 15.8 Å². The van der Waals surface area contributed by atoms with Gasteiger partial charge in [0.2, 0.25) is 5.89 Å². The number of nitrogens with zero attached hydrogens (tertiary/aromatic N) is 2. The van der Waals surface area contributed by atoms with Gasteiger partial charge in [-0.05, 0) is 57.4 Å². The Morgan fingerprint density at radius 2 is 1.93 bits per heavy atom. The molecule has 0 radical (unpaired) electrons. The zero-order valence-corrected chi connectivity index (χ0v) is 18.3. The predicted molar refractivity (Wildman–Crippen MR) is 111 cm³/mol. The van der Waals surface area contributed by atoms with Crippen LogP contribution in [-0.2, 0) is 16.4 Å². The van der Waals surface area contributed by atoms with E-state index in [2.05, 4.69) is 20.6 Å². The monoisotopic (exact) mass is 406 g/mol. The molecule has 28 heavy (non-hydrogen) atoms. The van der Waals surface area contributed by atoms with Gasteiger partial charge in [-0.2, -0.15) is 0 Å². The number of guanidine groups is 1. The highest BCUT2D eigenvalue weighted by Gasteiger charge is 2.21. The summed E-state index contributed by atoms with van der Waals surface area (Å²) in [7, 11) is -1.77. The van der Waals surface area contributed by atoms with Crippen molar-refractivity contribution < 1.29 is 12.8 Å². The van der Waals surface area contributed by atoms with Gasteiger partial charge in [0.25, 0.3) is 0 Å². The fourth-order valence-corrected chi connectivity index (χ4v) is 4.37. The molecule has 154 valence electrons. The molecule has 0 fully saturated rings. The molecule has 2 aromatic rings. The Hall–Kier alpha value is -2.35. The molecule has 2 rings (SSSR count). The number of oxazole rings is 1. The first-order valence-electron chi connectivity index (χ1n) is 9.36. The number of hydrogen-bond donors (Lipinski definition) is 2. The molecule has 0 saturated heterocycles. The maximum Gasteiger partial charge on any atom is 0.214 e. The molecular formula is C20H30N4O3S. The third-order valence-corrected chi connectivity index (χ3v) is 6.61. The van der Waals surface area contributed by atoms with E-state index in [1.54, 1.807) is 19.2 Å². The third-order valence-electron chi connectivity index (χ3n) is 4.80. The summed E-state index contributed by atoms with van der Waals surface area (Å²) in [6.07, 6.45) is 0.641. The average Bonchev–Trinajstić information content (AvgIpc) is 2.97. The van der Waals surface area contributed by atoms with Crippen LogP contribution in [0.25, 0.3) is 0 Å². The van der Waals surface area contributed by atoms with Gasteiger partial charge in [-0.15, -0.1) is 0 Å². The minimum Gasteiger partial charge on any atom is -0.444 e. The number of aryl methyl sites for hydroxylation is 4. The molecule has 7 nitrogen and oxygen atoms in total. The van der Waals surface area contributed by atoms with Crippen LogP contribution in [0.15, 0.2) is 32.5 Å². The first-order chi connectivity index (χ1) is 13.2. The van der Waals surface area contributed by atoms with Crippen LogP contribution >= 0.6 is 0 Å². The molecule has 0 spiro atoms. The van der Waals surface area contributed by atoms with Crippen molar-refractivity contribution in [3.63, 3.8) is 0 Å². The molecule has 1 aromatic carbocycles. The van der Waals surface area contributed by atoms with Gasteiger partial charge in [0.15, 0.2) is 15.8 Å². The third kappa shape index (κ3) is 5.58. The number of aromatic nitrogens is 1. The second-order valence-corrected chi connectivity index (χ2v) is 8.99. The molecular weight excluding hydrogens is 376 g/mol. The zero-order chi connectivity index (χ0) is 20.9. The van der Waals surface area contributed by atoms with Gasteiger partial charge in [-0.3, -0.25) is 4.99 Å². The summed E-state index contributed by atoms with van der Waals surface area (Å²) in [5.74, 6) is 1.85. The number of rotatable bonds is 7. The number of benzene rings is 1. The van der Waals surface area contributed by atoms with Gasteiger partial charge in [-0.1, -0.05) is 13.0 Å². The quantitative estimate of drug-likeness (QED) is 0.542. The Bertz CT molecular complexity index is 929. The summed E-state index contributed by atoms with van der Waals surface area (Å²) < 4.78 is 31.2. The minimum atomic E-state index is -3.41. The van der Waals surface area contributed by atoms with E-state index in [0.29, 0.717) is 29.7 Å². The molecule has 0 amide bonds. The van der Waals surface area contributed by atoms with Crippen molar-refractivity contribution in [2.45, 2.75) is 58.5 Å². The Balaban J connectivity index is 2.03. The molecule has 0 aliphatic rings. The summed E-state index contributed by atoms with van der Waals surface area (Å²) in [5, 5.41) is 6.31. The van der Waals surface area contributed by atoms with E-state index >= 15 is 0 Å². The second-order valence-electron chi connectivity index (χ2n) is 6.95. The van der Waals surface area contributed by atoms with E-state index in [-0.39, 0.29) is 11.8 Å². The highest BCUT2D eigenvalue weighted by atomic mass is 32.2. The molecule has 0 bridgehead atoms. The van der Waals surface area contributed by atoms with Crippen LogP contribution in [0.5, 0.6) is 0 Å². The molecule has 0 aliphatic heterocycles. The van der Waals surface area contributed by atoms with E-state index in [1.807, 2.05) is 40.7 Å². The summed E-state index contributed by atoms with van der Waals surface area (Å²) in [4.78, 5) is 8.85. The van der Waals surface area contributed by atoms with Crippen LogP contribution < -0.4 is 10.6 Å². The smallest absolute Gasteiger partial charge is 0.214 e. The van der Waals surface area contributed by atoms with Crippen LogP contribution in [0, 0.1) is 27.7 Å². The highest BCUT2D eigenvalue weighted by Crippen LogP contribution is 2.17. The van der Waals surface area contributed by atoms with Gasteiger partial charge >= 0.3 is 0 Å². The van der Waals surface area contributed by atoms with Crippen LogP contribution in [0.3, 0.4) is 0 Å². The van der Waals surface area contributed by atoms with Crippen LogP contribution in [-0.4, -0.2) is 38.2 Å². The normalized spacial score (nSPS) is 13.4. The first-order valence-corrected chi connectivity index (χ1v) is 11.0. The molecule has 8 heteroatoms. The second kappa shape index (κ2) is 9.23. The topological polar surface area (TPSA) is 96.6 Å². The lowest BCUT2D eigenvalue weighted by Crippen LogP contribution is -2.45. The number of aliphatic imine (C=N–C) groups is 1. The zero-order valence-electron chi connectivity index (χ0n) is 17.5. The Kier molecular flexibility index (Phi) is 7.23. The lowest BCUT2D eigenvalue weighted by molar-refractivity contribution is 0.462. The maximum atomic E-state index is 12.8. The lowest BCUT2D eigenvalue weighted by Gasteiger charge is -2.20. The summed E-state index contributed by atoms with van der Waals surface area (Å²) in [5.41, 5.74) is 2.90. The standard InChI is InChI=1S/C20H30N4O3S/c1-7-17(12-28(25,26)18-9-8-13(2)14(3)10-18)24-20(21-6)22-11-19-23-15(4)16(5)27-19/h8-10,17H,7,11-12H2,1-6H3,(H2,21,22,24). The fourth-order valence-electron chi connectivity index (χ4n) is 2.69.